The van der Waals surface area contributed by atoms with Gasteiger partial charge in [-0.1, -0.05) is 124 Å². The Kier molecular flexibility index (Phi) is 25.7. The van der Waals surface area contributed by atoms with Crippen LogP contribution in [0.15, 0.2) is 0 Å². The first-order valence-electron chi connectivity index (χ1n) is 14.9. The zero-order chi connectivity index (χ0) is 25.1. The van der Waals surface area contributed by atoms with Crippen molar-refractivity contribution in [3.05, 3.63) is 0 Å². The highest BCUT2D eigenvalue weighted by molar-refractivity contribution is 5.69. The molecule has 0 N–H and O–H groups in total. The number of hydrogen-bond donors (Lipinski definition) is 0. The molecular formula is C30H58O4. The first-order chi connectivity index (χ1) is 16.6. The van der Waals surface area contributed by atoms with Gasteiger partial charge in [-0.05, 0) is 31.6 Å². The fourth-order valence-corrected chi connectivity index (χ4v) is 4.39. The molecule has 202 valence electrons. The standard InChI is InChI=1S/C30H58O4/c1-4-7-9-16-20-26-33-29(31)23-19-15-13-11-12-14-18-22-28(6-3)24-25-30(32)34-27-21-17-10-8-5-2/h28H,4-27H2,1-3H3. The van der Waals surface area contributed by atoms with E-state index in [1.165, 1.54) is 89.9 Å². The normalized spacial score (nSPS) is 12.0. The maximum Gasteiger partial charge on any atom is 0.305 e. The molecule has 4 nitrogen and oxygen atoms in total. The number of ether oxygens (including phenoxy) is 2. The van der Waals surface area contributed by atoms with Crippen molar-refractivity contribution in [1.82, 2.24) is 0 Å². The van der Waals surface area contributed by atoms with Crippen LogP contribution in [0, 0.1) is 5.92 Å². The summed E-state index contributed by atoms with van der Waals surface area (Å²) >= 11 is 0. The van der Waals surface area contributed by atoms with Gasteiger partial charge in [0.2, 0.25) is 0 Å². The topological polar surface area (TPSA) is 52.6 Å². The van der Waals surface area contributed by atoms with Gasteiger partial charge in [0.25, 0.3) is 0 Å². The van der Waals surface area contributed by atoms with E-state index in [0.717, 1.165) is 38.5 Å². The van der Waals surface area contributed by atoms with Gasteiger partial charge < -0.3 is 9.47 Å². The van der Waals surface area contributed by atoms with Crippen molar-refractivity contribution in [2.45, 2.75) is 162 Å². The van der Waals surface area contributed by atoms with Gasteiger partial charge in [-0.15, -0.1) is 0 Å². The Balaban J connectivity index is 3.48. The SMILES string of the molecule is CCCCCCCOC(=O)CCCCCCCCCC(CC)CCC(=O)OCCCCCCC. The highest BCUT2D eigenvalue weighted by atomic mass is 16.5. The second-order valence-electron chi connectivity index (χ2n) is 10.1. The maximum atomic E-state index is 11.9. The Labute approximate surface area is 212 Å². The fraction of sp³-hybridized carbons (Fsp3) is 0.933. The molecule has 0 aromatic rings. The first kappa shape index (κ1) is 32.9. The molecule has 0 rings (SSSR count). The molecule has 0 aliphatic rings. The maximum absolute atomic E-state index is 11.9. The number of rotatable bonds is 26. The van der Waals surface area contributed by atoms with Gasteiger partial charge in [-0.3, -0.25) is 9.59 Å². The Morgan fingerprint density at radius 3 is 1.47 bits per heavy atom. The summed E-state index contributed by atoms with van der Waals surface area (Å²) < 4.78 is 10.7. The van der Waals surface area contributed by atoms with Crippen LogP contribution in [0.4, 0.5) is 0 Å². The van der Waals surface area contributed by atoms with E-state index in [4.69, 9.17) is 9.47 Å². The van der Waals surface area contributed by atoms with Crippen molar-refractivity contribution in [1.29, 1.82) is 0 Å². The Morgan fingerprint density at radius 2 is 0.941 bits per heavy atom. The lowest BCUT2D eigenvalue weighted by molar-refractivity contribution is -0.145. The molecule has 0 fully saturated rings. The van der Waals surface area contributed by atoms with E-state index in [1.54, 1.807) is 0 Å². The summed E-state index contributed by atoms with van der Waals surface area (Å²) in [7, 11) is 0. The van der Waals surface area contributed by atoms with E-state index in [0.29, 0.717) is 32.0 Å². The lowest BCUT2D eigenvalue weighted by atomic mass is 9.93. The molecule has 0 aromatic heterocycles. The zero-order valence-electron chi connectivity index (χ0n) is 23.2. The van der Waals surface area contributed by atoms with Gasteiger partial charge in [0.1, 0.15) is 0 Å². The van der Waals surface area contributed by atoms with E-state index < -0.39 is 0 Å². The summed E-state index contributed by atoms with van der Waals surface area (Å²) in [4.78, 5) is 23.7. The van der Waals surface area contributed by atoms with Gasteiger partial charge >= 0.3 is 11.9 Å². The van der Waals surface area contributed by atoms with Crippen LogP contribution in [0.1, 0.15) is 162 Å². The first-order valence-corrected chi connectivity index (χ1v) is 14.9. The van der Waals surface area contributed by atoms with Crippen LogP contribution in [0.5, 0.6) is 0 Å². The van der Waals surface area contributed by atoms with Crippen LogP contribution in [0.25, 0.3) is 0 Å². The van der Waals surface area contributed by atoms with Gasteiger partial charge in [0.15, 0.2) is 0 Å². The molecule has 0 heterocycles. The number of unbranched alkanes of at least 4 members (excludes halogenated alkanes) is 14. The quantitative estimate of drug-likeness (QED) is 0.0910. The minimum Gasteiger partial charge on any atom is -0.466 e. The van der Waals surface area contributed by atoms with Crippen LogP contribution in [-0.4, -0.2) is 25.2 Å². The smallest absolute Gasteiger partial charge is 0.305 e. The Bertz CT molecular complexity index is 449. The molecular weight excluding hydrogens is 424 g/mol. The van der Waals surface area contributed by atoms with E-state index in [1.807, 2.05) is 0 Å². The van der Waals surface area contributed by atoms with Gasteiger partial charge in [-0.2, -0.15) is 0 Å². The Morgan fingerprint density at radius 1 is 0.500 bits per heavy atom. The van der Waals surface area contributed by atoms with Crippen molar-refractivity contribution >= 4 is 11.9 Å². The Hall–Kier alpha value is -1.06. The largest absolute Gasteiger partial charge is 0.466 e. The molecule has 4 heteroatoms. The van der Waals surface area contributed by atoms with E-state index in [2.05, 4.69) is 20.8 Å². The van der Waals surface area contributed by atoms with Crippen molar-refractivity contribution in [2.75, 3.05) is 13.2 Å². The molecule has 34 heavy (non-hydrogen) atoms. The third-order valence-corrected chi connectivity index (χ3v) is 6.85. The summed E-state index contributed by atoms with van der Waals surface area (Å²) in [5.74, 6) is 0.622. The molecule has 0 saturated heterocycles. The molecule has 0 amide bonds. The zero-order valence-corrected chi connectivity index (χ0v) is 23.2. The molecule has 0 spiro atoms. The summed E-state index contributed by atoms with van der Waals surface area (Å²) in [6.07, 6.45) is 24.8. The van der Waals surface area contributed by atoms with Gasteiger partial charge in [0, 0.05) is 12.8 Å². The van der Waals surface area contributed by atoms with Crippen LogP contribution < -0.4 is 0 Å². The van der Waals surface area contributed by atoms with Crippen LogP contribution in [-0.2, 0) is 19.1 Å². The van der Waals surface area contributed by atoms with Crippen molar-refractivity contribution in [3.8, 4) is 0 Å². The number of carbonyl (C=O) groups is 2. The number of esters is 2. The van der Waals surface area contributed by atoms with Gasteiger partial charge in [0.05, 0.1) is 13.2 Å². The van der Waals surface area contributed by atoms with Crippen LogP contribution in [0.3, 0.4) is 0 Å². The predicted molar refractivity (Wildman–Crippen MR) is 144 cm³/mol. The lowest BCUT2D eigenvalue weighted by Gasteiger charge is -2.14. The van der Waals surface area contributed by atoms with Crippen molar-refractivity contribution < 1.29 is 19.1 Å². The number of hydrogen-bond acceptors (Lipinski definition) is 4. The molecule has 0 aliphatic heterocycles. The molecule has 1 atom stereocenters. The minimum atomic E-state index is -0.0167. The lowest BCUT2D eigenvalue weighted by Crippen LogP contribution is -2.09. The summed E-state index contributed by atoms with van der Waals surface area (Å²) in [6.45, 7) is 7.86. The summed E-state index contributed by atoms with van der Waals surface area (Å²) in [5, 5.41) is 0. The minimum absolute atomic E-state index is 0.00945. The van der Waals surface area contributed by atoms with Crippen LogP contribution >= 0.6 is 0 Å². The summed E-state index contributed by atoms with van der Waals surface area (Å²) in [6, 6.07) is 0. The second kappa shape index (κ2) is 26.5. The highest BCUT2D eigenvalue weighted by Gasteiger charge is 2.10. The fourth-order valence-electron chi connectivity index (χ4n) is 4.39. The predicted octanol–water partition coefficient (Wildman–Crippen LogP) is 9.33. The van der Waals surface area contributed by atoms with Crippen molar-refractivity contribution in [3.63, 3.8) is 0 Å². The third-order valence-electron chi connectivity index (χ3n) is 6.85. The highest BCUT2D eigenvalue weighted by Crippen LogP contribution is 2.20. The molecule has 0 bridgehead atoms. The average molecular weight is 483 g/mol. The second-order valence-corrected chi connectivity index (χ2v) is 10.1. The van der Waals surface area contributed by atoms with Crippen LogP contribution in [0.2, 0.25) is 0 Å². The third kappa shape index (κ3) is 24.1. The van der Waals surface area contributed by atoms with Crippen molar-refractivity contribution in [2.24, 2.45) is 5.92 Å². The van der Waals surface area contributed by atoms with E-state index >= 15 is 0 Å². The average Bonchev–Trinajstić information content (AvgIpc) is 2.84. The van der Waals surface area contributed by atoms with Gasteiger partial charge in [-0.25, -0.2) is 0 Å². The molecule has 0 aromatic carbocycles. The molecule has 0 radical (unpaired) electrons. The van der Waals surface area contributed by atoms with E-state index in [9.17, 15) is 9.59 Å². The van der Waals surface area contributed by atoms with E-state index in [-0.39, 0.29) is 11.9 Å². The summed E-state index contributed by atoms with van der Waals surface area (Å²) in [5.41, 5.74) is 0. The monoisotopic (exact) mass is 482 g/mol. The number of carbonyl (C=O) groups excluding carboxylic acids is 2. The molecule has 1 unspecified atom stereocenters. The molecule has 0 aliphatic carbocycles. The molecule has 0 saturated carbocycles.